The maximum Gasteiger partial charge on any atom is 0.262 e. The van der Waals surface area contributed by atoms with Gasteiger partial charge in [-0.3, -0.25) is 9.59 Å². The van der Waals surface area contributed by atoms with Crippen LogP contribution in [-0.4, -0.2) is 31.2 Å². The molecule has 0 radical (unpaired) electrons. The van der Waals surface area contributed by atoms with E-state index < -0.39 is 23.7 Å². The number of carbonyl (C=O) groups excluding carboxylic acids is 2. The first-order valence-corrected chi connectivity index (χ1v) is 12.5. The Balaban J connectivity index is 1.67. The van der Waals surface area contributed by atoms with Crippen LogP contribution in [0.15, 0.2) is 70.2 Å². The fourth-order valence-corrected chi connectivity index (χ4v) is 4.12. The van der Waals surface area contributed by atoms with Crippen LogP contribution in [0, 0.1) is 11.7 Å². The first-order valence-electron chi connectivity index (χ1n) is 11.3. The van der Waals surface area contributed by atoms with E-state index >= 15 is 0 Å². The first-order chi connectivity index (χ1) is 17.7. The Hall–Kier alpha value is -3.43. The van der Waals surface area contributed by atoms with Gasteiger partial charge in [0.1, 0.15) is 18.5 Å². The molecule has 37 heavy (non-hydrogen) atoms. The number of nitrogens with zero attached hydrogens (tertiary/aromatic N) is 1. The summed E-state index contributed by atoms with van der Waals surface area (Å²) >= 11 is 9.69. The Kier molecular flexibility index (Phi) is 10.0. The molecule has 10 heteroatoms. The molecule has 1 atom stereocenters. The number of hydrogen-bond donors (Lipinski definition) is 2. The molecule has 3 aromatic carbocycles. The number of rotatable bonds is 10. The summed E-state index contributed by atoms with van der Waals surface area (Å²) in [6.07, 6.45) is 1.43. The predicted molar refractivity (Wildman–Crippen MR) is 145 cm³/mol. The topological polar surface area (TPSA) is 89.0 Å². The Labute approximate surface area is 228 Å². The summed E-state index contributed by atoms with van der Waals surface area (Å²) in [6, 6.07) is 15.5. The number of methoxy groups -OCH3 is 1. The van der Waals surface area contributed by atoms with Crippen LogP contribution in [0.5, 0.6) is 11.5 Å². The summed E-state index contributed by atoms with van der Waals surface area (Å²) in [5.41, 5.74) is 3.73. The average Bonchev–Trinajstić information content (AvgIpc) is 2.87. The van der Waals surface area contributed by atoms with Crippen molar-refractivity contribution < 1.29 is 23.5 Å². The van der Waals surface area contributed by atoms with Crippen molar-refractivity contribution in [2.45, 2.75) is 26.5 Å². The molecule has 0 aromatic heterocycles. The lowest BCUT2D eigenvalue weighted by Gasteiger charge is -2.20. The molecule has 7 nitrogen and oxygen atoms in total. The molecule has 0 saturated heterocycles. The summed E-state index contributed by atoms with van der Waals surface area (Å²) < 4.78 is 25.9. The van der Waals surface area contributed by atoms with Crippen molar-refractivity contribution in [3.63, 3.8) is 0 Å². The number of halogens is 3. The third-order valence-corrected chi connectivity index (χ3v) is 6.28. The lowest BCUT2D eigenvalue weighted by molar-refractivity contribution is -0.123. The molecule has 0 aliphatic heterocycles. The highest BCUT2D eigenvalue weighted by Crippen LogP contribution is 2.37. The lowest BCUT2D eigenvalue weighted by Crippen LogP contribution is -2.48. The molecule has 0 spiro atoms. The zero-order valence-corrected chi connectivity index (χ0v) is 22.8. The molecule has 2 N–H and O–H groups in total. The summed E-state index contributed by atoms with van der Waals surface area (Å²) in [4.78, 5) is 25.2. The lowest BCUT2D eigenvalue weighted by atomic mass is 10.0. The van der Waals surface area contributed by atoms with E-state index in [2.05, 4.69) is 31.8 Å². The van der Waals surface area contributed by atoms with Gasteiger partial charge in [-0.1, -0.05) is 55.8 Å². The molecule has 3 aromatic rings. The van der Waals surface area contributed by atoms with E-state index in [0.717, 1.165) is 5.56 Å². The molecule has 0 bridgehead atoms. The number of amides is 2. The second kappa shape index (κ2) is 13.2. The smallest absolute Gasteiger partial charge is 0.262 e. The van der Waals surface area contributed by atoms with Crippen molar-refractivity contribution >= 4 is 45.6 Å². The van der Waals surface area contributed by atoms with Crippen LogP contribution in [0.4, 0.5) is 4.39 Å². The van der Waals surface area contributed by atoms with E-state index in [9.17, 15) is 14.0 Å². The average molecular weight is 591 g/mol. The normalized spacial score (nSPS) is 11.9. The third kappa shape index (κ3) is 7.53. The molecule has 1 unspecified atom stereocenters. The van der Waals surface area contributed by atoms with Crippen molar-refractivity contribution in [2.75, 3.05) is 7.11 Å². The minimum absolute atomic E-state index is 0.141. The first kappa shape index (κ1) is 28.1. The minimum atomic E-state index is -0.925. The van der Waals surface area contributed by atoms with Gasteiger partial charge >= 0.3 is 0 Å². The zero-order chi connectivity index (χ0) is 26.9. The molecule has 0 fully saturated rings. The van der Waals surface area contributed by atoms with Crippen LogP contribution in [0.25, 0.3) is 0 Å². The minimum Gasteiger partial charge on any atom is -0.493 e. The van der Waals surface area contributed by atoms with E-state index in [4.69, 9.17) is 21.1 Å². The largest absolute Gasteiger partial charge is 0.493 e. The number of carbonyl (C=O) groups is 2. The van der Waals surface area contributed by atoms with Gasteiger partial charge in [-0.05, 0) is 57.7 Å². The van der Waals surface area contributed by atoms with E-state index in [0.29, 0.717) is 26.6 Å². The number of ether oxygens (including phenoxy) is 2. The van der Waals surface area contributed by atoms with Crippen molar-refractivity contribution in [2.24, 2.45) is 11.0 Å². The van der Waals surface area contributed by atoms with Gasteiger partial charge in [0, 0.05) is 10.6 Å². The Morgan fingerprint density at radius 3 is 2.51 bits per heavy atom. The van der Waals surface area contributed by atoms with Gasteiger partial charge in [-0.25, -0.2) is 9.82 Å². The number of hydrazone groups is 1. The number of hydrogen-bond acceptors (Lipinski definition) is 5. The van der Waals surface area contributed by atoms with Gasteiger partial charge in [0.25, 0.3) is 11.8 Å². The molecule has 194 valence electrons. The van der Waals surface area contributed by atoms with Gasteiger partial charge in [0.05, 0.1) is 23.4 Å². The molecule has 0 aliphatic carbocycles. The maximum absolute atomic E-state index is 13.9. The molecule has 3 rings (SSSR count). The molecule has 2 amide bonds. The second-order valence-corrected chi connectivity index (χ2v) is 9.58. The summed E-state index contributed by atoms with van der Waals surface area (Å²) in [5, 5.41) is 7.18. The predicted octanol–water partition coefficient (Wildman–Crippen LogP) is 5.73. The summed E-state index contributed by atoms with van der Waals surface area (Å²) in [7, 11) is 1.51. The van der Waals surface area contributed by atoms with Gasteiger partial charge in [0.2, 0.25) is 0 Å². The van der Waals surface area contributed by atoms with Crippen LogP contribution >= 0.6 is 27.5 Å². The van der Waals surface area contributed by atoms with Gasteiger partial charge < -0.3 is 14.8 Å². The van der Waals surface area contributed by atoms with Gasteiger partial charge in [-0.2, -0.15) is 5.10 Å². The van der Waals surface area contributed by atoms with Crippen LogP contribution in [0.1, 0.15) is 35.3 Å². The van der Waals surface area contributed by atoms with Crippen molar-refractivity contribution in [1.82, 2.24) is 10.7 Å². The van der Waals surface area contributed by atoms with E-state index in [1.807, 2.05) is 18.2 Å². The number of benzene rings is 3. The van der Waals surface area contributed by atoms with E-state index in [-0.39, 0.29) is 18.1 Å². The quantitative estimate of drug-likeness (QED) is 0.233. The third-order valence-electron chi connectivity index (χ3n) is 5.32. The van der Waals surface area contributed by atoms with Gasteiger partial charge in [0.15, 0.2) is 11.5 Å². The molecule has 0 heterocycles. The van der Waals surface area contributed by atoms with Crippen molar-refractivity contribution in [3.05, 3.63) is 92.7 Å². The Morgan fingerprint density at radius 1 is 1.14 bits per heavy atom. The summed E-state index contributed by atoms with van der Waals surface area (Å²) in [5.74, 6) is -1.22. The number of nitrogens with one attached hydrogen (secondary N) is 2. The van der Waals surface area contributed by atoms with Crippen molar-refractivity contribution in [1.29, 1.82) is 0 Å². The Morgan fingerprint density at radius 2 is 1.84 bits per heavy atom. The highest BCUT2D eigenvalue weighted by Gasteiger charge is 2.25. The second-order valence-electron chi connectivity index (χ2n) is 8.32. The fourth-order valence-electron chi connectivity index (χ4n) is 3.36. The molecular weight excluding hydrogens is 565 g/mol. The monoisotopic (exact) mass is 589 g/mol. The fraction of sp³-hybridized carbons (Fsp3) is 0.222. The highest BCUT2D eigenvalue weighted by molar-refractivity contribution is 9.10. The zero-order valence-electron chi connectivity index (χ0n) is 20.4. The molecule has 0 saturated carbocycles. The summed E-state index contributed by atoms with van der Waals surface area (Å²) in [6.45, 7) is 3.77. The molecular formula is C27H26BrClFN3O4. The molecule has 0 aliphatic rings. The highest BCUT2D eigenvalue weighted by atomic mass is 79.9. The van der Waals surface area contributed by atoms with Crippen LogP contribution in [0.3, 0.4) is 0 Å². The van der Waals surface area contributed by atoms with E-state index in [1.165, 1.54) is 31.5 Å². The van der Waals surface area contributed by atoms with Gasteiger partial charge in [-0.15, -0.1) is 0 Å². The maximum atomic E-state index is 13.9. The van der Waals surface area contributed by atoms with Crippen LogP contribution in [-0.2, 0) is 11.4 Å². The van der Waals surface area contributed by atoms with Crippen LogP contribution < -0.4 is 20.2 Å². The Bertz CT molecular complexity index is 1300. The van der Waals surface area contributed by atoms with Crippen LogP contribution in [0.2, 0.25) is 5.02 Å². The SMILES string of the molecule is COc1cc(/C=N/NC(=O)C(NC(=O)c2ccccc2F)C(C)C)cc(Br)c1OCc1ccccc1Cl. The van der Waals surface area contributed by atoms with E-state index in [1.54, 1.807) is 38.1 Å². The van der Waals surface area contributed by atoms with Crippen molar-refractivity contribution in [3.8, 4) is 11.5 Å². The standard InChI is InChI=1S/C27H26BrClFN3O4/c1-16(2)24(32-26(34)19-9-5-7-11-22(19)30)27(35)33-31-14-17-12-20(28)25(23(13-17)36-3)37-15-18-8-4-6-10-21(18)29/h4-14,16,24H,15H2,1-3H3,(H,32,34)(H,33,35)/b31-14+.